The first-order valence-electron chi connectivity index (χ1n) is 8.17. The molecule has 2 aromatic heterocycles. The van der Waals surface area contributed by atoms with Crippen LogP contribution in [-0.4, -0.2) is 22.4 Å². The van der Waals surface area contributed by atoms with Crippen molar-refractivity contribution in [2.75, 3.05) is 6.54 Å². The van der Waals surface area contributed by atoms with Gasteiger partial charge in [-0.3, -0.25) is 15.1 Å². The molecule has 0 saturated heterocycles. The van der Waals surface area contributed by atoms with E-state index in [0.29, 0.717) is 17.1 Å². The molecular formula is C19H18N4O3S. The average molecular weight is 382 g/mol. The van der Waals surface area contributed by atoms with Gasteiger partial charge in [0.25, 0.3) is 0 Å². The van der Waals surface area contributed by atoms with Crippen molar-refractivity contribution in [1.82, 2.24) is 4.68 Å². The van der Waals surface area contributed by atoms with E-state index in [2.05, 4.69) is 42.7 Å². The molecule has 0 unspecified atom stereocenters. The fourth-order valence-corrected chi connectivity index (χ4v) is 3.23. The number of thiazole rings is 1. The lowest BCUT2D eigenvalue weighted by Gasteiger charge is -2.06. The van der Waals surface area contributed by atoms with Crippen molar-refractivity contribution >= 4 is 23.4 Å². The highest BCUT2D eigenvalue weighted by Crippen LogP contribution is 2.23. The molecule has 27 heavy (non-hydrogen) atoms. The Bertz CT molecular complexity index is 1090. The summed E-state index contributed by atoms with van der Waals surface area (Å²) >= 11 is 1.46. The Balaban J connectivity index is 2.06. The Kier molecular flexibility index (Phi) is 5.46. The number of aromatic nitrogens is 1. The Hall–Kier alpha value is -3.26. The van der Waals surface area contributed by atoms with E-state index >= 15 is 0 Å². The largest absolute Gasteiger partial charge is 0.433 e. The number of furan rings is 1. The van der Waals surface area contributed by atoms with Crippen LogP contribution in [0.25, 0.3) is 11.3 Å². The van der Waals surface area contributed by atoms with Crippen molar-refractivity contribution in [3.63, 3.8) is 0 Å². The number of rotatable bonds is 6. The van der Waals surface area contributed by atoms with Gasteiger partial charge in [0, 0.05) is 10.9 Å². The van der Waals surface area contributed by atoms with Crippen LogP contribution in [0.5, 0.6) is 0 Å². The maximum absolute atomic E-state index is 10.8. The molecule has 0 aliphatic rings. The lowest BCUT2D eigenvalue weighted by molar-refractivity contribution is -0.402. The second-order valence-corrected chi connectivity index (χ2v) is 6.66. The molecule has 7 nitrogen and oxygen atoms in total. The molecule has 0 N–H and O–H groups in total. The monoisotopic (exact) mass is 382 g/mol. The smallest absolute Gasteiger partial charge is 0.400 e. The van der Waals surface area contributed by atoms with Crippen molar-refractivity contribution < 1.29 is 9.34 Å². The van der Waals surface area contributed by atoms with Gasteiger partial charge < -0.3 is 4.42 Å². The Labute approximate surface area is 159 Å². The van der Waals surface area contributed by atoms with Gasteiger partial charge in [0.15, 0.2) is 5.76 Å². The minimum atomic E-state index is -0.583. The van der Waals surface area contributed by atoms with E-state index in [1.807, 2.05) is 11.4 Å². The normalized spacial score (nSPS) is 12.0. The van der Waals surface area contributed by atoms with Gasteiger partial charge in [-0.2, -0.15) is 5.10 Å². The molecule has 138 valence electrons. The molecule has 0 aliphatic carbocycles. The van der Waals surface area contributed by atoms with Gasteiger partial charge in [0.1, 0.15) is 4.92 Å². The molecule has 0 aliphatic heterocycles. The average Bonchev–Trinajstić information content (AvgIpc) is 3.27. The highest BCUT2D eigenvalue weighted by Gasteiger charge is 2.12. The van der Waals surface area contributed by atoms with E-state index in [0.717, 1.165) is 11.3 Å². The van der Waals surface area contributed by atoms with Crippen molar-refractivity contribution in [3.8, 4) is 11.3 Å². The first-order chi connectivity index (χ1) is 13.0. The summed E-state index contributed by atoms with van der Waals surface area (Å²) < 4.78 is 6.84. The molecular weight excluding hydrogens is 364 g/mol. The third kappa shape index (κ3) is 4.12. The lowest BCUT2D eigenvalue weighted by Crippen LogP contribution is -2.12. The Morgan fingerprint density at radius 3 is 2.78 bits per heavy atom. The molecule has 2 heterocycles. The number of nitro groups is 1. The predicted molar refractivity (Wildman–Crippen MR) is 106 cm³/mol. The zero-order valence-corrected chi connectivity index (χ0v) is 15.8. The second-order valence-electron chi connectivity index (χ2n) is 5.82. The topological polar surface area (TPSA) is 85.9 Å². The summed E-state index contributed by atoms with van der Waals surface area (Å²) in [4.78, 5) is 15.3. The molecule has 0 radical (unpaired) electrons. The van der Waals surface area contributed by atoms with E-state index in [4.69, 9.17) is 4.42 Å². The van der Waals surface area contributed by atoms with Gasteiger partial charge in [-0.05, 0) is 37.1 Å². The van der Waals surface area contributed by atoms with Gasteiger partial charge in [0.2, 0.25) is 4.80 Å². The molecule has 0 amide bonds. The molecule has 8 heteroatoms. The summed E-state index contributed by atoms with van der Waals surface area (Å²) in [6, 6.07) is 8.99. The summed E-state index contributed by atoms with van der Waals surface area (Å²) in [5.41, 5.74) is 4.28. The number of nitrogens with zero attached hydrogens (tertiary/aromatic N) is 4. The Morgan fingerprint density at radius 2 is 2.11 bits per heavy atom. The van der Waals surface area contributed by atoms with Crippen LogP contribution in [0, 0.1) is 24.0 Å². The predicted octanol–water partition coefficient (Wildman–Crippen LogP) is 4.30. The van der Waals surface area contributed by atoms with E-state index in [9.17, 15) is 10.1 Å². The van der Waals surface area contributed by atoms with Crippen LogP contribution in [0.1, 0.15) is 16.9 Å². The van der Waals surface area contributed by atoms with Gasteiger partial charge in [-0.15, -0.1) is 17.9 Å². The highest BCUT2D eigenvalue weighted by molar-refractivity contribution is 7.07. The van der Waals surface area contributed by atoms with Gasteiger partial charge >= 0.3 is 5.88 Å². The van der Waals surface area contributed by atoms with Crippen LogP contribution in [-0.2, 0) is 0 Å². The standard InChI is InChI=1S/C19H18N4O3S/c1-4-9-20-19-22(21-11-16-7-8-18(26-16)23(24)25)17(12-27-19)15-6-5-13(2)14(3)10-15/h4-8,10-12H,1,9H2,2-3H3. The molecule has 3 rings (SSSR count). The van der Waals surface area contributed by atoms with E-state index in [-0.39, 0.29) is 5.88 Å². The van der Waals surface area contributed by atoms with E-state index in [1.165, 1.54) is 40.8 Å². The minimum absolute atomic E-state index is 0.293. The molecule has 0 atom stereocenters. The van der Waals surface area contributed by atoms with Crippen LogP contribution >= 0.6 is 11.3 Å². The van der Waals surface area contributed by atoms with Crippen LogP contribution in [0.15, 0.2) is 62.9 Å². The lowest BCUT2D eigenvalue weighted by atomic mass is 10.1. The van der Waals surface area contributed by atoms with Gasteiger partial charge in [0.05, 0.1) is 24.5 Å². The fraction of sp³-hybridized carbons (Fsp3) is 0.158. The van der Waals surface area contributed by atoms with Crippen LogP contribution in [0.2, 0.25) is 0 Å². The van der Waals surface area contributed by atoms with Gasteiger partial charge in [-0.1, -0.05) is 18.2 Å². The SMILES string of the molecule is C=CCN=c1scc(-c2ccc(C)c(C)c2)n1N=Cc1ccc([N+](=O)[O-])o1. The first-order valence-corrected chi connectivity index (χ1v) is 9.05. The van der Waals surface area contributed by atoms with Crippen LogP contribution in [0.3, 0.4) is 0 Å². The molecule has 0 bridgehead atoms. The van der Waals surface area contributed by atoms with Crippen molar-refractivity contribution in [2.45, 2.75) is 13.8 Å². The molecule has 1 aromatic carbocycles. The summed E-state index contributed by atoms with van der Waals surface area (Å²) in [6.07, 6.45) is 3.15. The van der Waals surface area contributed by atoms with Gasteiger partial charge in [-0.25, -0.2) is 4.68 Å². The number of hydrogen-bond donors (Lipinski definition) is 0. The van der Waals surface area contributed by atoms with Crippen LogP contribution < -0.4 is 4.80 Å². The summed E-state index contributed by atoms with van der Waals surface area (Å²) in [5.74, 6) is -0.0289. The zero-order chi connectivity index (χ0) is 19.4. The summed E-state index contributed by atoms with van der Waals surface area (Å²) in [6.45, 7) is 8.28. The Morgan fingerprint density at radius 1 is 1.30 bits per heavy atom. The molecule has 3 aromatic rings. The summed E-state index contributed by atoms with van der Waals surface area (Å²) in [7, 11) is 0. The quantitative estimate of drug-likeness (QED) is 0.276. The minimum Gasteiger partial charge on any atom is -0.400 e. The molecule has 0 spiro atoms. The van der Waals surface area contributed by atoms with E-state index < -0.39 is 4.92 Å². The number of hydrogen-bond acceptors (Lipinski definition) is 6. The number of aryl methyl sites for hydroxylation is 2. The second kappa shape index (κ2) is 7.96. The maximum atomic E-state index is 10.8. The van der Waals surface area contributed by atoms with Crippen molar-refractivity contribution in [2.24, 2.45) is 10.1 Å². The third-order valence-corrected chi connectivity index (χ3v) is 4.79. The highest BCUT2D eigenvalue weighted by atomic mass is 32.1. The molecule has 0 fully saturated rings. The maximum Gasteiger partial charge on any atom is 0.433 e. The number of benzene rings is 1. The van der Waals surface area contributed by atoms with E-state index in [1.54, 1.807) is 10.8 Å². The molecule has 0 saturated carbocycles. The van der Waals surface area contributed by atoms with Crippen LogP contribution in [0.4, 0.5) is 5.88 Å². The fourth-order valence-electron chi connectivity index (χ4n) is 2.39. The first kappa shape index (κ1) is 18.5. The summed E-state index contributed by atoms with van der Waals surface area (Å²) in [5, 5.41) is 17.2. The van der Waals surface area contributed by atoms with Crippen molar-refractivity contribution in [3.05, 3.63) is 80.2 Å². The zero-order valence-electron chi connectivity index (χ0n) is 15.0. The van der Waals surface area contributed by atoms with Crippen molar-refractivity contribution in [1.29, 1.82) is 0 Å². The third-order valence-electron chi connectivity index (χ3n) is 3.94.